The van der Waals surface area contributed by atoms with Crippen molar-refractivity contribution < 1.29 is 9.53 Å². The molecule has 0 fully saturated rings. The highest BCUT2D eigenvalue weighted by atomic mass is 16.5. The molecule has 120 valence electrons. The van der Waals surface area contributed by atoms with Gasteiger partial charge in [0.15, 0.2) is 5.78 Å². The standard InChI is InChI=1S/C21H24O2/c1-5-23-19-13-6-16(7-14-19)8-15-20(22)17-9-11-18(12-10-17)21(2,3)4/h6-15H,5H2,1-4H3/b15-8+. The summed E-state index contributed by atoms with van der Waals surface area (Å²) >= 11 is 0. The molecule has 23 heavy (non-hydrogen) atoms. The smallest absolute Gasteiger partial charge is 0.185 e. The molecule has 2 heteroatoms. The van der Waals surface area contributed by atoms with Crippen LogP contribution >= 0.6 is 0 Å². The number of carbonyl (C=O) groups is 1. The Labute approximate surface area is 138 Å². The second-order valence-electron chi connectivity index (χ2n) is 6.53. The van der Waals surface area contributed by atoms with Crippen LogP contribution in [0.4, 0.5) is 0 Å². The van der Waals surface area contributed by atoms with Crippen LogP contribution in [-0.2, 0) is 5.41 Å². The van der Waals surface area contributed by atoms with Gasteiger partial charge in [-0.25, -0.2) is 0 Å². The van der Waals surface area contributed by atoms with E-state index in [4.69, 9.17) is 4.74 Å². The molecule has 0 spiro atoms. The topological polar surface area (TPSA) is 26.3 Å². The maximum absolute atomic E-state index is 12.2. The van der Waals surface area contributed by atoms with Crippen LogP contribution in [0.3, 0.4) is 0 Å². The highest BCUT2D eigenvalue weighted by Gasteiger charge is 2.13. The third-order valence-corrected chi connectivity index (χ3v) is 3.65. The van der Waals surface area contributed by atoms with Crippen LogP contribution in [0.5, 0.6) is 5.75 Å². The average Bonchev–Trinajstić information content (AvgIpc) is 2.53. The predicted molar refractivity (Wildman–Crippen MR) is 96.1 cm³/mol. The Balaban J connectivity index is 2.06. The molecule has 0 N–H and O–H groups in total. The number of rotatable bonds is 5. The molecule has 0 aliphatic rings. The third-order valence-electron chi connectivity index (χ3n) is 3.65. The van der Waals surface area contributed by atoms with Crippen molar-refractivity contribution >= 4 is 11.9 Å². The number of ketones is 1. The molecule has 0 amide bonds. The fraction of sp³-hybridized carbons (Fsp3) is 0.286. The lowest BCUT2D eigenvalue weighted by atomic mass is 9.86. The third kappa shape index (κ3) is 4.82. The van der Waals surface area contributed by atoms with Crippen molar-refractivity contribution in [2.75, 3.05) is 6.61 Å². The minimum Gasteiger partial charge on any atom is -0.494 e. The molecule has 0 saturated carbocycles. The van der Waals surface area contributed by atoms with Crippen molar-refractivity contribution in [2.24, 2.45) is 0 Å². The van der Waals surface area contributed by atoms with Crippen LogP contribution in [0.1, 0.15) is 49.2 Å². The Bertz CT molecular complexity index is 671. The van der Waals surface area contributed by atoms with Gasteiger partial charge in [-0.05, 0) is 41.7 Å². The van der Waals surface area contributed by atoms with E-state index in [-0.39, 0.29) is 11.2 Å². The Morgan fingerprint density at radius 2 is 1.61 bits per heavy atom. The van der Waals surface area contributed by atoms with Crippen LogP contribution in [0.25, 0.3) is 6.08 Å². The summed E-state index contributed by atoms with van der Waals surface area (Å²) in [6.45, 7) is 9.09. The first-order valence-corrected chi connectivity index (χ1v) is 7.96. The summed E-state index contributed by atoms with van der Waals surface area (Å²) in [6, 6.07) is 15.5. The number of hydrogen-bond acceptors (Lipinski definition) is 2. The molecule has 2 aromatic rings. The fourth-order valence-corrected chi connectivity index (χ4v) is 2.24. The summed E-state index contributed by atoms with van der Waals surface area (Å²) in [5.74, 6) is 0.855. The normalized spacial score (nSPS) is 11.7. The molecule has 0 aliphatic heterocycles. The van der Waals surface area contributed by atoms with Crippen LogP contribution in [0.2, 0.25) is 0 Å². The van der Waals surface area contributed by atoms with E-state index in [0.717, 1.165) is 11.3 Å². The zero-order chi connectivity index (χ0) is 16.9. The van der Waals surface area contributed by atoms with Crippen LogP contribution in [0.15, 0.2) is 54.6 Å². The predicted octanol–water partition coefficient (Wildman–Crippen LogP) is 5.28. The van der Waals surface area contributed by atoms with Gasteiger partial charge in [0.1, 0.15) is 5.75 Å². The molecule has 0 bridgehead atoms. The Kier molecular flexibility index (Phi) is 5.38. The van der Waals surface area contributed by atoms with E-state index in [1.165, 1.54) is 5.56 Å². The second kappa shape index (κ2) is 7.28. The van der Waals surface area contributed by atoms with Crippen LogP contribution in [-0.4, -0.2) is 12.4 Å². The van der Waals surface area contributed by atoms with Crippen molar-refractivity contribution in [1.29, 1.82) is 0 Å². The highest BCUT2D eigenvalue weighted by Crippen LogP contribution is 2.22. The van der Waals surface area contributed by atoms with E-state index in [1.807, 2.05) is 61.5 Å². The molecule has 0 aromatic heterocycles. The molecule has 0 aliphatic carbocycles. The van der Waals surface area contributed by atoms with Gasteiger partial charge in [0.05, 0.1) is 6.61 Å². The largest absolute Gasteiger partial charge is 0.494 e. The van der Waals surface area contributed by atoms with Crippen molar-refractivity contribution in [3.05, 3.63) is 71.3 Å². The van der Waals surface area contributed by atoms with E-state index < -0.39 is 0 Å². The van der Waals surface area contributed by atoms with Crippen LogP contribution in [0, 0.1) is 0 Å². The molecule has 2 nitrogen and oxygen atoms in total. The summed E-state index contributed by atoms with van der Waals surface area (Å²) in [6.07, 6.45) is 3.44. The number of ether oxygens (including phenoxy) is 1. The van der Waals surface area contributed by atoms with Crippen LogP contribution < -0.4 is 4.74 Å². The van der Waals surface area contributed by atoms with Crippen molar-refractivity contribution in [3.63, 3.8) is 0 Å². The molecule has 2 rings (SSSR count). The zero-order valence-corrected chi connectivity index (χ0v) is 14.3. The summed E-state index contributed by atoms with van der Waals surface area (Å²) in [5, 5.41) is 0. The van der Waals surface area contributed by atoms with Gasteiger partial charge in [-0.2, -0.15) is 0 Å². The lowest BCUT2D eigenvalue weighted by Crippen LogP contribution is -2.11. The van der Waals surface area contributed by atoms with E-state index >= 15 is 0 Å². The monoisotopic (exact) mass is 308 g/mol. The van der Waals surface area contributed by atoms with Gasteiger partial charge in [-0.15, -0.1) is 0 Å². The van der Waals surface area contributed by atoms with Gasteiger partial charge in [0.25, 0.3) is 0 Å². The fourth-order valence-electron chi connectivity index (χ4n) is 2.24. The average molecular weight is 308 g/mol. The maximum atomic E-state index is 12.2. The van der Waals surface area contributed by atoms with E-state index in [0.29, 0.717) is 12.2 Å². The van der Waals surface area contributed by atoms with Gasteiger partial charge < -0.3 is 4.74 Å². The number of hydrogen-bond donors (Lipinski definition) is 0. The number of allylic oxidation sites excluding steroid dienone is 1. The first-order valence-electron chi connectivity index (χ1n) is 7.96. The van der Waals surface area contributed by atoms with Gasteiger partial charge in [-0.1, -0.05) is 63.2 Å². The summed E-state index contributed by atoms with van der Waals surface area (Å²) in [5.41, 5.74) is 3.01. The summed E-state index contributed by atoms with van der Waals surface area (Å²) < 4.78 is 5.40. The second-order valence-corrected chi connectivity index (χ2v) is 6.53. The molecule has 0 atom stereocenters. The van der Waals surface area contributed by atoms with Crippen molar-refractivity contribution in [3.8, 4) is 5.75 Å². The lowest BCUT2D eigenvalue weighted by Gasteiger charge is -2.18. The van der Waals surface area contributed by atoms with Gasteiger partial charge >= 0.3 is 0 Å². The molecule has 0 saturated heterocycles. The maximum Gasteiger partial charge on any atom is 0.185 e. The van der Waals surface area contributed by atoms with Crippen molar-refractivity contribution in [1.82, 2.24) is 0 Å². The SMILES string of the molecule is CCOc1ccc(/C=C/C(=O)c2ccc(C(C)(C)C)cc2)cc1. The Morgan fingerprint density at radius 1 is 1.00 bits per heavy atom. The molecular weight excluding hydrogens is 284 g/mol. The zero-order valence-electron chi connectivity index (χ0n) is 14.3. The summed E-state index contributed by atoms with van der Waals surface area (Å²) in [4.78, 5) is 12.2. The van der Waals surface area contributed by atoms with Gasteiger partial charge in [0, 0.05) is 5.56 Å². The van der Waals surface area contributed by atoms with Crippen molar-refractivity contribution in [2.45, 2.75) is 33.1 Å². The summed E-state index contributed by atoms with van der Waals surface area (Å²) in [7, 11) is 0. The van der Waals surface area contributed by atoms with E-state index in [1.54, 1.807) is 6.08 Å². The minimum absolute atomic E-state index is 0.0133. The molecule has 2 aromatic carbocycles. The first-order chi connectivity index (χ1) is 10.9. The highest BCUT2D eigenvalue weighted by molar-refractivity contribution is 6.06. The number of carbonyl (C=O) groups excluding carboxylic acids is 1. The molecule has 0 unspecified atom stereocenters. The minimum atomic E-state index is 0.0133. The van der Waals surface area contributed by atoms with Gasteiger partial charge in [-0.3, -0.25) is 4.79 Å². The quantitative estimate of drug-likeness (QED) is 0.555. The molecule has 0 heterocycles. The lowest BCUT2D eigenvalue weighted by molar-refractivity contribution is 0.104. The Morgan fingerprint density at radius 3 is 2.13 bits per heavy atom. The Hall–Kier alpha value is -2.35. The van der Waals surface area contributed by atoms with Gasteiger partial charge in [0.2, 0.25) is 0 Å². The first kappa shape index (κ1) is 17.0. The number of benzene rings is 2. The molecule has 0 radical (unpaired) electrons. The molecular formula is C21H24O2. The van der Waals surface area contributed by atoms with E-state index in [9.17, 15) is 4.79 Å². The van der Waals surface area contributed by atoms with E-state index in [2.05, 4.69) is 20.8 Å².